The highest BCUT2D eigenvalue weighted by molar-refractivity contribution is 7.12. The summed E-state index contributed by atoms with van der Waals surface area (Å²) >= 11 is 1.62. The predicted octanol–water partition coefficient (Wildman–Crippen LogP) is 2.98. The molecule has 21 heavy (non-hydrogen) atoms. The SMILES string of the molecule is Cc1ccc(C(C)N(C)C(=O)c2ncccc2C(=O)O)s1. The standard InChI is InChI=1S/C15H16N2O3S/c1-9-6-7-12(21-9)10(2)17(3)14(18)13-11(15(19)20)5-4-8-16-13/h4-8,10H,1-3H3,(H,19,20). The van der Waals surface area contributed by atoms with Gasteiger partial charge in [0.05, 0.1) is 11.6 Å². The average Bonchev–Trinajstić information content (AvgIpc) is 2.91. The van der Waals surface area contributed by atoms with Crippen molar-refractivity contribution in [3.8, 4) is 0 Å². The zero-order chi connectivity index (χ0) is 15.6. The fraction of sp³-hybridized carbons (Fsp3) is 0.267. The van der Waals surface area contributed by atoms with E-state index in [0.717, 1.165) is 4.88 Å². The molecule has 0 saturated carbocycles. The molecule has 2 rings (SSSR count). The van der Waals surface area contributed by atoms with Gasteiger partial charge in [-0.15, -0.1) is 11.3 Å². The molecule has 1 N–H and O–H groups in total. The van der Waals surface area contributed by atoms with E-state index in [-0.39, 0.29) is 17.3 Å². The second-order valence-corrected chi connectivity index (χ2v) is 6.06. The number of pyridine rings is 1. The predicted molar refractivity (Wildman–Crippen MR) is 80.8 cm³/mol. The van der Waals surface area contributed by atoms with Crippen molar-refractivity contribution in [1.82, 2.24) is 9.88 Å². The van der Waals surface area contributed by atoms with Gasteiger partial charge >= 0.3 is 5.97 Å². The average molecular weight is 304 g/mol. The number of aryl methyl sites for hydroxylation is 1. The van der Waals surface area contributed by atoms with Gasteiger partial charge in [0, 0.05) is 23.0 Å². The van der Waals surface area contributed by atoms with Crippen LogP contribution in [0.3, 0.4) is 0 Å². The molecular formula is C15H16N2O3S. The summed E-state index contributed by atoms with van der Waals surface area (Å²) in [6.45, 7) is 3.91. The lowest BCUT2D eigenvalue weighted by Crippen LogP contribution is -2.31. The molecule has 5 nitrogen and oxygen atoms in total. The molecule has 0 aliphatic heterocycles. The number of aromatic nitrogens is 1. The molecule has 2 aromatic heterocycles. The van der Waals surface area contributed by atoms with E-state index < -0.39 is 11.9 Å². The van der Waals surface area contributed by atoms with Gasteiger partial charge < -0.3 is 10.0 Å². The number of carbonyl (C=O) groups is 2. The largest absolute Gasteiger partial charge is 0.478 e. The summed E-state index contributed by atoms with van der Waals surface area (Å²) in [6.07, 6.45) is 1.42. The molecule has 6 heteroatoms. The topological polar surface area (TPSA) is 70.5 Å². The van der Waals surface area contributed by atoms with Gasteiger partial charge in [0.15, 0.2) is 0 Å². The van der Waals surface area contributed by atoms with Crippen molar-refractivity contribution in [3.05, 3.63) is 51.5 Å². The maximum atomic E-state index is 12.5. The minimum Gasteiger partial charge on any atom is -0.478 e. The number of amides is 1. The Balaban J connectivity index is 2.29. The molecule has 0 aliphatic rings. The first-order valence-corrected chi connectivity index (χ1v) is 7.25. The third-order valence-corrected chi connectivity index (χ3v) is 4.49. The summed E-state index contributed by atoms with van der Waals surface area (Å²) in [5, 5.41) is 9.15. The van der Waals surface area contributed by atoms with Crippen molar-refractivity contribution < 1.29 is 14.7 Å². The molecule has 0 radical (unpaired) electrons. The number of nitrogens with zero attached hydrogens (tertiary/aromatic N) is 2. The highest BCUT2D eigenvalue weighted by Crippen LogP contribution is 2.27. The Morgan fingerprint density at radius 2 is 2.05 bits per heavy atom. The van der Waals surface area contributed by atoms with Gasteiger partial charge in [-0.25, -0.2) is 4.79 Å². The molecule has 0 spiro atoms. The molecule has 0 saturated heterocycles. The Labute approximate surface area is 126 Å². The van der Waals surface area contributed by atoms with Crippen molar-refractivity contribution in [2.24, 2.45) is 0 Å². The second-order valence-electron chi connectivity index (χ2n) is 4.75. The van der Waals surface area contributed by atoms with Crippen LogP contribution >= 0.6 is 11.3 Å². The number of hydrogen-bond donors (Lipinski definition) is 1. The Hall–Kier alpha value is -2.21. The first kappa shape index (κ1) is 15.2. The van der Waals surface area contributed by atoms with E-state index in [9.17, 15) is 9.59 Å². The lowest BCUT2D eigenvalue weighted by atomic mass is 10.1. The van der Waals surface area contributed by atoms with Crippen LogP contribution in [0.5, 0.6) is 0 Å². The van der Waals surface area contributed by atoms with Crippen molar-refractivity contribution in [1.29, 1.82) is 0 Å². The summed E-state index contributed by atoms with van der Waals surface area (Å²) < 4.78 is 0. The maximum Gasteiger partial charge on any atom is 0.338 e. The third kappa shape index (κ3) is 3.11. The number of thiophene rings is 1. The first-order chi connectivity index (χ1) is 9.91. The van der Waals surface area contributed by atoms with E-state index in [1.165, 1.54) is 28.1 Å². The van der Waals surface area contributed by atoms with Gasteiger partial charge in [-0.2, -0.15) is 0 Å². The third-order valence-electron chi connectivity index (χ3n) is 3.31. The zero-order valence-corrected chi connectivity index (χ0v) is 12.8. The van der Waals surface area contributed by atoms with Crippen LogP contribution in [0.15, 0.2) is 30.5 Å². The van der Waals surface area contributed by atoms with Crippen LogP contribution < -0.4 is 0 Å². The summed E-state index contributed by atoms with van der Waals surface area (Å²) in [7, 11) is 1.66. The molecule has 2 heterocycles. The number of carbonyl (C=O) groups excluding carboxylic acids is 1. The Morgan fingerprint density at radius 3 is 2.62 bits per heavy atom. The fourth-order valence-electron chi connectivity index (χ4n) is 1.96. The fourth-order valence-corrected chi connectivity index (χ4v) is 2.93. The van der Waals surface area contributed by atoms with E-state index in [1.54, 1.807) is 18.4 Å². The Morgan fingerprint density at radius 1 is 1.33 bits per heavy atom. The minimum absolute atomic E-state index is 0.0346. The van der Waals surface area contributed by atoms with Gasteiger partial charge in [-0.3, -0.25) is 9.78 Å². The monoisotopic (exact) mass is 304 g/mol. The molecule has 2 aromatic rings. The number of carboxylic acids is 1. The van der Waals surface area contributed by atoms with Crippen molar-refractivity contribution in [2.45, 2.75) is 19.9 Å². The molecule has 1 amide bonds. The normalized spacial score (nSPS) is 12.0. The van der Waals surface area contributed by atoms with Crippen LogP contribution in [-0.4, -0.2) is 33.9 Å². The number of carboxylic acid groups (broad SMARTS) is 1. The van der Waals surface area contributed by atoms with Gasteiger partial charge in [-0.05, 0) is 38.1 Å². The Kier molecular flexibility index (Phi) is 4.37. The van der Waals surface area contributed by atoms with E-state index in [1.807, 2.05) is 26.0 Å². The number of hydrogen-bond acceptors (Lipinski definition) is 4. The summed E-state index contributed by atoms with van der Waals surface area (Å²) in [5.41, 5.74) is -0.114. The van der Waals surface area contributed by atoms with Gasteiger partial charge in [0.25, 0.3) is 5.91 Å². The molecule has 110 valence electrons. The van der Waals surface area contributed by atoms with Crippen LogP contribution in [0.2, 0.25) is 0 Å². The van der Waals surface area contributed by atoms with Crippen molar-refractivity contribution in [3.63, 3.8) is 0 Å². The lowest BCUT2D eigenvalue weighted by molar-refractivity contribution is 0.0669. The molecular weight excluding hydrogens is 288 g/mol. The number of rotatable bonds is 4. The highest BCUT2D eigenvalue weighted by Gasteiger charge is 2.25. The smallest absolute Gasteiger partial charge is 0.338 e. The van der Waals surface area contributed by atoms with Crippen LogP contribution in [0.25, 0.3) is 0 Å². The quantitative estimate of drug-likeness (QED) is 0.942. The van der Waals surface area contributed by atoms with E-state index in [4.69, 9.17) is 5.11 Å². The van der Waals surface area contributed by atoms with Crippen LogP contribution in [-0.2, 0) is 0 Å². The molecule has 0 aliphatic carbocycles. The van der Waals surface area contributed by atoms with Crippen LogP contribution in [0, 0.1) is 6.92 Å². The molecule has 0 bridgehead atoms. The van der Waals surface area contributed by atoms with Crippen molar-refractivity contribution in [2.75, 3.05) is 7.05 Å². The van der Waals surface area contributed by atoms with Crippen molar-refractivity contribution >= 4 is 23.2 Å². The van der Waals surface area contributed by atoms with Gasteiger partial charge in [0.1, 0.15) is 5.69 Å². The number of aromatic carboxylic acids is 1. The highest BCUT2D eigenvalue weighted by atomic mass is 32.1. The summed E-state index contributed by atoms with van der Waals surface area (Å²) in [5.74, 6) is -1.55. The molecule has 0 fully saturated rings. The van der Waals surface area contributed by atoms with Crippen LogP contribution in [0.1, 0.15) is 43.6 Å². The van der Waals surface area contributed by atoms with Crippen LogP contribution in [0.4, 0.5) is 0 Å². The summed E-state index contributed by atoms with van der Waals surface area (Å²) in [6, 6.07) is 6.73. The molecule has 1 unspecified atom stereocenters. The Bertz CT molecular complexity index is 681. The van der Waals surface area contributed by atoms with Gasteiger partial charge in [-0.1, -0.05) is 0 Å². The zero-order valence-electron chi connectivity index (χ0n) is 12.0. The minimum atomic E-state index is -1.15. The molecule has 0 aromatic carbocycles. The van der Waals surface area contributed by atoms with E-state index >= 15 is 0 Å². The van der Waals surface area contributed by atoms with E-state index in [2.05, 4.69) is 4.98 Å². The lowest BCUT2D eigenvalue weighted by Gasteiger charge is -2.24. The maximum absolute atomic E-state index is 12.5. The van der Waals surface area contributed by atoms with E-state index in [0.29, 0.717) is 0 Å². The molecule has 1 atom stereocenters. The second kappa shape index (κ2) is 6.05. The van der Waals surface area contributed by atoms with Gasteiger partial charge in [0.2, 0.25) is 0 Å². The summed E-state index contributed by atoms with van der Waals surface area (Å²) in [4.78, 5) is 31.3. The first-order valence-electron chi connectivity index (χ1n) is 6.43.